The maximum Gasteiger partial charge on any atom is 0.213 e. The highest BCUT2D eigenvalue weighted by atomic mass is 35.5. The summed E-state index contributed by atoms with van der Waals surface area (Å²) in [6.07, 6.45) is 2.76. The summed E-state index contributed by atoms with van der Waals surface area (Å²) < 4.78 is 5.05. The molecule has 5 heteroatoms. The van der Waals surface area contributed by atoms with Gasteiger partial charge in [-0.3, -0.25) is 9.78 Å². The van der Waals surface area contributed by atoms with Crippen LogP contribution in [-0.2, 0) is 0 Å². The van der Waals surface area contributed by atoms with Crippen LogP contribution >= 0.6 is 11.6 Å². The van der Waals surface area contributed by atoms with Crippen LogP contribution in [0.15, 0.2) is 36.7 Å². The molecule has 0 bridgehead atoms. The van der Waals surface area contributed by atoms with Crippen LogP contribution in [0.4, 0.5) is 0 Å². The lowest BCUT2D eigenvalue weighted by atomic mass is 10.1. The Morgan fingerprint density at radius 3 is 2.88 bits per heavy atom. The van der Waals surface area contributed by atoms with Crippen LogP contribution in [0.1, 0.15) is 16.1 Å². The summed E-state index contributed by atoms with van der Waals surface area (Å²) >= 11 is 5.68. The fourth-order valence-electron chi connectivity index (χ4n) is 1.36. The normalized spacial score (nSPS) is 10.0. The lowest BCUT2D eigenvalue weighted by molar-refractivity contribution is 0.103. The number of methoxy groups -OCH3 is 1. The fraction of sp³-hybridized carbons (Fsp3) is 0.0833. The molecule has 2 rings (SSSR count). The molecule has 0 aliphatic heterocycles. The molecule has 0 saturated heterocycles. The van der Waals surface area contributed by atoms with E-state index in [0.29, 0.717) is 11.3 Å². The molecule has 86 valence electrons. The second kappa shape index (κ2) is 4.93. The highest BCUT2D eigenvalue weighted by Crippen LogP contribution is 2.15. The van der Waals surface area contributed by atoms with Crippen LogP contribution in [-0.4, -0.2) is 22.9 Å². The minimum absolute atomic E-state index is 0.193. The molecular weight excluding hydrogens is 240 g/mol. The third kappa shape index (κ3) is 2.60. The van der Waals surface area contributed by atoms with E-state index in [2.05, 4.69) is 9.97 Å². The number of ether oxygens (including phenoxy) is 1. The third-order valence-corrected chi connectivity index (χ3v) is 2.35. The highest BCUT2D eigenvalue weighted by molar-refractivity contribution is 6.29. The Balaban J connectivity index is 2.36. The van der Waals surface area contributed by atoms with Gasteiger partial charge in [0.1, 0.15) is 16.6 Å². The summed E-state index contributed by atoms with van der Waals surface area (Å²) in [4.78, 5) is 19.8. The predicted octanol–water partition coefficient (Wildman–Crippen LogP) is 2.37. The summed E-state index contributed by atoms with van der Waals surface area (Å²) in [6, 6.07) is 6.84. The number of nitrogens with zero attached hydrogens (tertiary/aromatic N) is 2. The molecule has 1 aromatic carbocycles. The van der Waals surface area contributed by atoms with Gasteiger partial charge in [-0.05, 0) is 12.1 Å². The predicted molar refractivity (Wildman–Crippen MR) is 63.5 cm³/mol. The first-order chi connectivity index (χ1) is 8.20. The number of rotatable bonds is 3. The van der Waals surface area contributed by atoms with Gasteiger partial charge in [-0.1, -0.05) is 23.7 Å². The van der Waals surface area contributed by atoms with Crippen molar-refractivity contribution in [3.8, 4) is 5.75 Å². The third-order valence-electron chi connectivity index (χ3n) is 2.17. The summed E-state index contributed by atoms with van der Waals surface area (Å²) in [5.74, 6) is 0.379. The van der Waals surface area contributed by atoms with Gasteiger partial charge in [0.05, 0.1) is 19.5 Å². The average molecular weight is 249 g/mol. The molecule has 0 radical (unpaired) electrons. The topological polar surface area (TPSA) is 52.1 Å². The van der Waals surface area contributed by atoms with E-state index < -0.39 is 0 Å². The van der Waals surface area contributed by atoms with Gasteiger partial charge >= 0.3 is 0 Å². The number of carbonyl (C=O) groups excluding carboxylic acids is 1. The number of carbonyl (C=O) groups is 1. The van der Waals surface area contributed by atoms with Crippen LogP contribution in [0.5, 0.6) is 5.75 Å². The van der Waals surface area contributed by atoms with Crippen LogP contribution in [0.2, 0.25) is 5.15 Å². The summed E-state index contributed by atoms with van der Waals surface area (Å²) in [6.45, 7) is 0. The van der Waals surface area contributed by atoms with Crippen molar-refractivity contribution in [1.29, 1.82) is 0 Å². The highest BCUT2D eigenvalue weighted by Gasteiger charge is 2.12. The first kappa shape index (κ1) is 11.5. The molecule has 1 aromatic heterocycles. The average Bonchev–Trinajstić information content (AvgIpc) is 2.38. The van der Waals surface area contributed by atoms with Crippen LogP contribution in [0.25, 0.3) is 0 Å². The second-order valence-corrected chi connectivity index (χ2v) is 3.68. The van der Waals surface area contributed by atoms with Crippen LogP contribution in [0.3, 0.4) is 0 Å². The Kier molecular flexibility index (Phi) is 3.35. The first-order valence-corrected chi connectivity index (χ1v) is 5.25. The molecule has 0 saturated carbocycles. The van der Waals surface area contributed by atoms with Crippen molar-refractivity contribution in [3.63, 3.8) is 0 Å². The van der Waals surface area contributed by atoms with E-state index in [0.717, 1.165) is 0 Å². The van der Waals surface area contributed by atoms with Crippen LogP contribution < -0.4 is 4.74 Å². The van der Waals surface area contributed by atoms with E-state index in [1.807, 2.05) is 0 Å². The number of aromatic nitrogens is 2. The summed E-state index contributed by atoms with van der Waals surface area (Å²) in [5.41, 5.74) is 0.701. The number of ketones is 1. The van der Waals surface area contributed by atoms with Gasteiger partial charge < -0.3 is 4.74 Å². The van der Waals surface area contributed by atoms with Crippen molar-refractivity contribution in [2.75, 3.05) is 7.11 Å². The fourth-order valence-corrected chi connectivity index (χ4v) is 1.51. The van der Waals surface area contributed by atoms with Crippen molar-refractivity contribution < 1.29 is 9.53 Å². The molecule has 0 N–H and O–H groups in total. The Morgan fingerprint density at radius 2 is 2.18 bits per heavy atom. The van der Waals surface area contributed by atoms with Gasteiger partial charge in [0.15, 0.2) is 0 Å². The number of hydrogen-bond acceptors (Lipinski definition) is 4. The van der Waals surface area contributed by atoms with Gasteiger partial charge in [0, 0.05) is 5.56 Å². The van der Waals surface area contributed by atoms with E-state index >= 15 is 0 Å². The summed E-state index contributed by atoms with van der Waals surface area (Å²) in [5, 5.41) is 0.193. The quantitative estimate of drug-likeness (QED) is 0.783. The minimum Gasteiger partial charge on any atom is -0.497 e. The van der Waals surface area contributed by atoms with Crippen molar-refractivity contribution in [2.24, 2.45) is 0 Å². The van der Waals surface area contributed by atoms with E-state index in [-0.39, 0.29) is 16.6 Å². The molecule has 0 aliphatic rings. The molecule has 0 atom stereocenters. The zero-order valence-electron chi connectivity index (χ0n) is 9.05. The van der Waals surface area contributed by atoms with Crippen LogP contribution in [0, 0.1) is 0 Å². The molecule has 4 nitrogen and oxygen atoms in total. The lowest BCUT2D eigenvalue weighted by Crippen LogP contribution is -2.05. The van der Waals surface area contributed by atoms with E-state index in [1.54, 1.807) is 31.4 Å². The van der Waals surface area contributed by atoms with E-state index in [1.165, 1.54) is 12.4 Å². The molecular formula is C12H9ClN2O2. The Labute approximate surface area is 103 Å². The van der Waals surface area contributed by atoms with Gasteiger partial charge in [0.2, 0.25) is 5.78 Å². The largest absolute Gasteiger partial charge is 0.497 e. The molecule has 0 aliphatic carbocycles. The smallest absolute Gasteiger partial charge is 0.213 e. The Hall–Kier alpha value is -1.94. The molecule has 2 aromatic rings. The van der Waals surface area contributed by atoms with Crippen molar-refractivity contribution >= 4 is 17.4 Å². The van der Waals surface area contributed by atoms with Crippen molar-refractivity contribution in [3.05, 3.63) is 53.1 Å². The molecule has 17 heavy (non-hydrogen) atoms. The minimum atomic E-state index is -0.237. The van der Waals surface area contributed by atoms with E-state index in [4.69, 9.17) is 16.3 Å². The standard InChI is InChI=1S/C12H9ClN2O2/c1-17-9-4-2-3-8(5-9)12(16)10-6-14-7-11(13)15-10/h2-7H,1H3. The van der Waals surface area contributed by atoms with Gasteiger partial charge in [-0.15, -0.1) is 0 Å². The number of benzene rings is 1. The van der Waals surface area contributed by atoms with Gasteiger partial charge in [-0.25, -0.2) is 4.98 Å². The maximum absolute atomic E-state index is 12.0. The number of halogens is 1. The molecule has 0 fully saturated rings. The zero-order valence-corrected chi connectivity index (χ0v) is 9.81. The SMILES string of the molecule is COc1cccc(C(=O)c2cncc(Cl)n2)c1. The summed E-state index contributed by atoms with van der Waals surface area (Å²) in [7, 11) is 1.54. The Bertz CT molecular complexity index is 558. The monoisotopic (exact) mass is 248 g/mol. The lowest BCUT2D eigenvalue weighted by Gasteiger charge is -2.03. The Morgan fingerprint density at radius 1 is 1.35 bits per heavy atom. The van der Waals surface area contributed by atoms with Crippen molar-refractivity contribution in [2.45, 2.75) is 0 Å². The first-order valence-electron chi connectivity index (χ1n) is 4.87. The zero-order chi connectivity index (χ0) is 12.3. The number of hydrogen-bond donors (Lipinski definition) is 0. The molecule has 1 heterocycles. The molecule has 0 spiro atoms. The maximum atomic E-state index is 12.0. The van der Waals surface area contributed by atoms with Gasteiger partial charge in [-0.2, -0.15) is 0 Å². The second-order valence-electron chi connectivity index (χ2n) is 3.29. The van der Waals surface area contributed by atoms with Crippen molar-refractivity contribution in [1.82, 2.24) is 9.97 Å². The van der Waals surface area contributed by atoms with E-state index in [9.17, 15) is 4.79 Å². The van der Waals surface area contributed by atoms with Gasteiger partial charge in [0.25, 0.3) is 0 Å². The molecule has 0 unspecified atom stereocenters. The molecule has 0 amide bonds.